The Balaban J connectivity index is 0.00000210. The van der Waals surface area contributed by atoms with Gasteiger partial charge in [0.2, 0.25) is 5.95 Å². The van der Waals surface area contributed by atoms with E-state index in [0.717, 1.165) is 31.6 Å². The maximum absolute atomic E-state index is 12.5. The van der Waals surface area contributed by atoms with Gasteiger partial charge in [0.15, 0.2) is 5.52 Å². The summed E-state index contributed by atoms with van der Waals surface area (Å²) in [6.07, 6.45) is 2.73. The van der Waals surface area contributed by atoms with Crippen LogP contribution in [0.4, 0.5) is 5.95 Å². The van der Waals surface area contributed by atoms with Crippen LogP contribution in [0.25, 0.3) is 11.0 Å². The molecule has 0 spiro atoms. The van der Waals surface area contributed by atoms with Crippen LogP contribution in [0.3, 0.4) is 0 Å². The van der Waals surface area contributed by atoms with Crippen LogP contribution in [0.1, 0.15) is 12.0 Å². The van der Waals surface area contributed by atoms with Gasteiger partial charge in [0.25, 0.3) is 5.56 Å². The van der Waals surface area contributed by atoms with Crippen molar-refractivity contribution in [3.8, 4) is 0 Å². The first kappa shape index (κ1) is 19.9. The molecule has 0 amide bonds. The summed E-state index contributed by atoms with van der Waals surface area (Å²) in [5.41, 5.74) is 1.83. The molecule has 27 heavy (non-hydrogen) atoms. The van der Waals surface area contributed by atoms with Crippen molar-refractivity contribution >= 4 is 52.6 Å². The quantitative estimate of drug-likeness (QED) is 0.580. The van der Waals surface area contributed by atoms with E-state index in [1.165, 1.54) is 0 Å². The summed E-state index contributed by atoms with van der Waals surface area (Å²) in [6.45, 7) is 3.15. The number of nitrogens with one attached hydrogen (secondary N) is 3. The Labute approximate surface area is 171 Å². The van der Waals surface area contributed by atoms with Crippen molar-refractivity contribution in [2.75, 3.05) is 18.4 Å². The average molecular weight is 430 g/mol. The van der Waals surface area contributed by atoms with Crippen molar-refractivity contribution in [2.45, 2.75) is 19.5 Å². The SMILES string of the molecule is Cl.O=c1[nH]c(NCc2ccc(Cl)c(Cl)c2)nc2cnn(CC3CCNC3)c12. The standard InChI is InChI=1S/C17H18Cl2N6O.ClH/c18-12-2-1-10(5-13(12)19)7-21-17-23-14-8-22-25(15(14)16(26)24-17)9-11-3-4-20-6-11;/h1-2,5,8,11,20H,3-4,6-7,9H2,(H2,21,23,24,26);1H. The summed E-state index contributed by atoms with van der Waals surface area (Å²) in [5.74, 6) is 0.889. The Morgan fingerprint density at radius 3 is 2.89 bits per heavy atom. The number of nitrogens with zero attached hydrogens (tertiary/aromatic N) is 3. The zero-order valence-corrected chi connectivity index (χ0v) is 16.7. The monoisotopic (exact) mass is 428 g/mol. The average Bonchev–Trinajstić information content (AvgIpc) is 3.27. The normalized spacial score (nSPS) is 16.4. The molecule has 1 saturated heterocycles. The van der Waals surface area contributed by atoms with Gasteiger partial charge in [0.1, 0.15) is 5.52 Å². The van der Waals surface area contributed by atoms with Gasteiger partial charge in [-0.3, -0.25) is 14.5 Å². The van der Waals surface area contributed by atoms with Gasteiger partial charge in [0.05, 0.1) is 16.2 Å². The molecule has 1 aromatic carbocycles. The predicted molar refractivity (Wildman–Crippen MR) is 110 cm³/mol. The fourth-order valence-electron chi connectivity index (χ4n) is 3.18. The maximum atomic E-state index is 12.5. The fraction of sp³-hybridized carbons (Fsp3) is 0.353. The number of aromatic amines is 1. The third-order valence-corrected chi connectivity index (χ3v) is 5.28. The lowest BCUT2D eigenvalue weighted by atomic mass is 10.1. The second kappa shape index (κ2) is 8.48. The minimum absolute atomic E-state index is 0. The molecule has 2 aromatic heterocycles. The predicted octanol–water partition coefficient (Wildman–Crippen LogP) is 3.07. The molecule has 0 aliphatic carbocycles. The van der Waals surface area contributed by atoms with E-state index in [-0.39, 0.29) is 18.0 Å². The van der Waals surface area contributed by atoms with E-state index in [4.69, 9.17) is 23.2 Å². The smallest absolute Gasteiger partial charge is 0.278 e. The zero-order chi connectivity index (χ0) is 18.1. The molecular formula is C17H19Cl3N6O. The molecule has 1 aliphatic heterocycles. The van der Waals surface area contributed by atoms with Crippen molar-refractivity contribution in [3.05, 3.63) is 50.4 Å². The van der Waals surface area contributed by atoms with E-state index in [0.29, 0.717) is 39.5 Å². The third kappa shape index (κ3) is 4.38. The van der Waals surface area contributed by atoms with Gasteiger partial charge in [-0.2, -0.15) is 5.10 Å². The Morgan fingerprint density at radius 1 is 1.30 bits per heavy atom. The van der Waals surface area contributed by atoms with E-state index >= 15 is 0 Å². The van der Waals surface area contributed by atoms with Crippen molar-refractivity contribution in [2.24, 2.45) is 5.92 Å². The number of fused-ring (bicyclic) bond motifs is 1. The highest BCUT2D eigenvalue weighted by atomic mass is 35.5. The van der Waals surface area contributed by atoms with Gasteiger partial charge >= 0.3 is 0 Å². The highest BCUT2D eigenvalue weighted by molar-refractivity contribution is 6.42. The molecule has 3 heterocycles. The van der Waals surface area contributed by atoms with Gasteiger partial charge in [-0.15, -0.1) is 12.4 Å². The van der Waals surface area contributed by atoms with Gasteiger partial charge in [0, 0.05) is 13.1 Å². The van der Waals surface area contributed by atoms with E-state index in [1.54, 1.807) is 23.0 Å². The van der Waals surface area contributed by atoms with Gasteiger partial charge in [-0.25, -0.2) is 4.98 Å². The fourth-order valence-corrected chi connectivity index (χ4v) is 3.50. The van der Waals surface area contributed by atoms with Crippen LogP contribution < -0.4 is 16.2 Å². The second-order valence-corrected chi connectivity index (χ2v) is 7.25. The lowest BCUT2D eigenvalue weighted by Crippen LogP contribution is -2.20. The summed E-state index contributed by atoms with van der Waals surface area (Å²) in [7, 11) is 0. The van der Waals surface area contributed by atoms with Crippen LogP contribution in [0.5, 0.6) is 0 Å². The molecule has 4 rings (SSSR count). The minimum atomic E-state index is -0.199. The number of anilines is 1. The van der Waals surface area contributed by atoms with Crippen LogP contribution >= 0.6 is 35.6 Å². The molecule has 7 nitrogen and oxygen atoms in total. The molecule has 10 heteroatoms. The van der Waals surface area contributed by atoms with Crippen LogP contribution in [-0.2, 0) is 13.1 Å². The Bertz CT molecular complexity index is 996. The summed E-state index contributed by atoms with van der Waals surface area (Å²) < 4.78 is 1.75. The Morgan fingerprint density at radius 2 is 2.15 bits per heavy atom. The molecule has 1 atom stereocenters. The second-order valence-electron chi connectivity index (χ2n) is 6.44. The van der Waals surface area contributed by atoms with Crippen LogP contribution in [0, 0.1) is 5.92 Å². The van der Waals surface area contributed by atoms with Crippen molar-refractivity contribution in [1.82, 2.24) is 25.1 Å². The number of hydrogen-bond donors (Lipinski definition) is 3. The highest BCUT2D eigenvalue weighted by Gasteiger charge is 2.18. The number of aromatic nitrogens is 4. The number of rotatable bonds is 5. The number of H-pyrrole nitrogens is 1. The van der Waals surface area contributed by atoms with Gasteiger partial charge < -0.3 is 10.6 Å². The van der Waals surface area contributed by atoms with Crippen LogP contribution in [0.2, 0.25) is 10.0 Å². The van der Waals surface area contributed by atoms with E-state index in [9.17, 15) is 4.79 Å². The Hall–Kier alpha value is -1.80. The van der Waals surface area contributed by atoms with E-state index in [2.05, 4.69) is 25.7 Å². The summed E-state index contributed by atoms with van der Waals surface area (Å²) in [4.78, 5) is 19.8. The van der Waals surface area contributed by atoms with Crippen molar-refractivity contribution in [1.29, 1.82) is 0 Å². The molecule has 3 aromatic rings. The summed E-state index contributed by atoms with van der Waals surface area (Å²) in [5, 5.41) is 11.8. The van der Waals surface area contributed by atoms with Crippen molar-refractivity contribution in [3.63, 3.8) is 0 Å². The number of benzene rings is 1. The molecule has 144 valence electrons. The molecule has 1 aliphatic rings. The van der Waals surface area contributed by atoms with Gasteiger partial charge in [-0.1, -0.05) is 29.3 Å². The van der Waals surface area contributed by atoms with Crippen LogP contribution in [0.15, 0.2) is 29.2 Å². The number of hydrogen-bond acceptors (Lipinski definition) is 5. The molecule has 0 bridgehead atoms. The minimum Gasteiger partial charge on any atom is -0.352 e. The zero-order valence-electron chi connectivity index (χ0n) is 14.3. The summed E-state index contributed by atoms with van der Waals surface area (Å²) >= 11 is 11.9. The highest BCUT2D eigenvalue weighted by Crippen LogP contribution is 2.23. The number of halogens is 3. The largest absolute Gasteiger partial charge is 0.352 e. The van der Waals surface area contributed by atoms with Crippen LogP contribution in [-0.4, -0.2) is 32.8 Å². The molecule has 3 N–H and O–H groups in total. The molecule has 0 saturated carbocycles. The lowest BCUT2D eigenvalue weighted by molar-refractivity contribution is 0.458. The van der Waals surface area contributed by atoms with E-state index in [1.807, 2.05) is 6.07 Å². The topological polar surface area (TPSA) is 87.6 Å². The third-order valence-electron chi connectivity index (χ3n) is 4.54. The summed E-state index contributed by atoms with van der Waals surface area (Å²) in [6, 6.07) is 5.38. The molecular weight excluding hydrogens is 411 g/mol. The molecule has 0 radical (unpaired) electrons. The van der Waals surface area contributed by atoms with E-state index < -0.39 is 0 Å². The lowest BCUT2D eigenvalue weighted by Gasteiger charge is -2.09. The van der Waals surface area contributed by atoms with Gasteiger partial charge in [-0.05, 0) is 43.1 Å². The first-order valence-electron chi connectivity index (χ1n) is 8.44. The molecule has 1 unspecified atom stereocenters. The first-order valence-corrected chi connectivity index (χ1v) is 9.20. The first-order chi connectivity index (χ1) is 12.6. The Kier molecular flexibility index (Phi) is 6.26. The molecule has 1 fully saturated rings. The van der Waals surface area contributed by atoms with Crippen molar-refractivity contribution < 1.29 is 0 Å². The maximum Gasteiger partial charge on any atom is 0.278 e.